The lowest BCUT2D eigenvalue weighted by atomic mass is 9.85. The number of benzene rings is 1. The highest BCUT2D eigenvalue weighted by Crippen LogP contribution is 2.38. The zero-order valence-corrected chi connectivity index (χ0v) is 15.3. The molecule has 0 aliphatic heterocycles. The Bertz CT molecular complexity index is 546. The second-order valence-corrected chi connectivity index (χ2v) is 9.27. The molecule has 0 amide bonds. The summed E-state index contributed by atoms with van der Waals surface area (Å²) in [5.74, 6) is 0.396. The van der Waals surface area contributed by atoms with Crippen LogP contribution in [-0.4, -0.2) is 19.5 Å². The first kappa shape index (κ1) is 17.3. The van der Waals surface area contributed by atoms with E-state index in [1.807, 2.05) is 0 Å². The monoisotopic (exact) mass is 392 g/mol. The summed E-state index contributed by atoms with van der Waals surface area (Å²) in [7, 11) is -3.11. The zero-order chi connectivity index (χ0) is 15.3. The Hall–Kier alpha value is -0.0600. The Labute approximate surface area is 141 Å². The third-order valence-electron chi connectivity index (χ3n) is 4.27. The van der Waals surface area contributed by atoms with Crippen molar-refractivity contribution in [2.75, 3.05) is 11.1 Å². The van der Waals surface area contributed by atoms with E-state index in [9.17, 15) is 8.42 Å². The molecule has 1 saturated carbocycles. The predicted molar refractivity (Wildman–Crippen MR) is 92.9 cm³/mol. The molecular formula is C16H22BrClO2S. The van der Waals surface area contributed by atoms with E-state index in [0.717, 1.165) is 36.6 Å². The van der Waals surface area contributed by atoms with E-state index in [-0.39, 0.29) is 16.9 Å². The Morgan fingerprint density at radius 1 is 1.05 bits per heavy atom. The van der Waals surface area contributed by atoms with Crippen LogP contribution in [0.5, 0.6) is 0 Å². The first-order valence-electron chi connectivity index (χ1n) is 7.46. The maximum absolute atomic E-state index is 12.6. The van der Waals surface area contributed by atoms with E-state index in [1.54, 1.807) is 24.3 Å². The van der Waals surface area contributed by atoms with Gasteiger partial charge in [0, 0.05) is 10.4 Å². The summed E-state index contributed by atoms with van der Waals surface area (Å²) in [4.78, 5) is 0. The molecule has 0 bridgehead atoms. The van der Waals surface area contributed by atoms with Crippen LogP contribution >= 0.6 is 27.5 Å². The first-order valence-corrected chi connectivity index (χ1v) is 10.8. The Balaban J connectivity index is 2.09. The summed E-state index contributed by atoms with van der Waals surface area (Å²) in [6, 6.07) is 7.10. The summed E-state index contributed by atoms with van der Waals surface area (Å²) in [6.07, 6.45) is 6.76. The molecular weight excluding hydrogens is 372 g/mol. The van der Waals surface area contributed by atoms with E-state index in [4.69, 9.17) is 11.6 Å². The molecule has 1 aromatic rings. The quantitative estimate of drug-likeness (QED) is 0.521. The molecule has 0 heterocycles. The van der Waals surface area contributed by atoms with E-state index < -0.39 is 9.84 Å². The Kier molecular flexibility index (Phi) is 6.15. The summed E-state index contributed by atoms with van der Waals surface area (Å²) in [5, 5.41) is 1.41. The molecule has 118 valence electrons. The maximum Gasteiger partial charge on any atom is 0.155 e. The number of rotatable bonds is 5. The van der Waals surface area contributed by atoms with Crippen LogP contribution in [-0.2, 0) is 15.6 Å². The van der Waals surface area contributed by atoms with Crippen molar-refractivity contribution in [1.29, 1.82) is 0 Å². The molecule has 0 radical (unpaired) electrons. The fraction of sp³-hybridized carbons (Fsp3) is 0.625. The highest BCUT2D eigenvalue weighted by molar-refractivity contribution is 9.09. The number of hydrogen-bond acceptors (Lipinski definition) is 2. The van der Waals surface area contributed by atoms with Gasteiger partial charge < -0.3 is 0 Å². The van der Waals surface area contributed by atoms with Crippen molar-refractivity contribution in [3.8, 4) is 0 Å². The standard InChI is InChI=1S/C16H22BrClO2S/c17-12-16(9-3-1-2-4-10-16)13-21(19,20)11-14-5-7-15(18)8-6-14/h5-8H,1-4,9-13H2. The second-order valence-electron chi connectivity index (χ2n) is 6.21. The minimum absolute atomic E-state index is 0.0816. The van der Waals surface area contributed by atoms with Crippen molar-refractivity contribution >= 4 is 37.4 Å². The summed E-state index contributed by atoms with van der Waals surface area (Å²) in [6.45, 7) is 0. The van der Waals surface area contributed by atoms with Crippen LogP contribution in [0.15, 0.2) is 24.3 Å². The molecule has 0 spiro atoms. The van der Waals surface area contributed by atoms with Gasteiger partial charge in [-0.1, -0.05) is 65.3 Å². The van der Waals surface area contributed by atoms with Crippen LogP contribution in [0.2, 0.25) is 5.02 Å². The van der Waals surface area contributed by atoms with Crippen LogP contribution < -0.4 is 0 Å². The summed E-state index contributed by atoms with van der Waals surface area (Å²) in [5.41, 5.74) is 0.736. The highest BCUT2D eigenvalue weighted by Gasteiger charge is 2.34. The van der Waals surface area contributed by atoms with Gasteiger partial charge in [0.05, 0.1) is 11.5 Å². The van der Waals surface area contributed by atoms with Crippen LogP contribution in [0.25, 0.3) is 0 Å². The van der Waals surface area contributed by atoms with Crippen molar-refractivity contribution in [3.63, 3.8) is 0 Å². The minimum Gasteiger partial charge on any atom is -0.228 e. The van der Waals surface area contributed by atoms with Gasteiger partial charge >= 0.3 is 0 Å². The molecule has 2 rings (SSSR count). The average molecular weight is 394 g/mol. The molecule has 0 aromatic heterocycles. The predicted octanol–water partition coefficient (Wildman–Crippen LogP) is 4.99. The zero-order valence-electron chi connectivity index (χ0n) is 12.2. The molecule has 1 aliphatic carbocycles. The van der Waals surface area contributed by atoms with Gasteiger partial charge in [-0.15, -0.1) is 0 Å². The molecule has 1 aromatic carbocycles. The van der Waals surface area contributed by atoms with Crippen molar-refractivity contribution in [3.05, 3.63) is 34.9 Å². The highest BCUT2D eigenvalue weighted by atomic mass is 79.9. The normalized spacial score (nSPS) is 19.1. The number of sulfone groups is 1. The molecule has 5 heteroatoms. The smallest absolute Gasteiger partial charge is 0.155 e. The molecule has 0 saturated heterocycles. The molecule has 0 atom stereocenters. The van der Waals surface area contributed by atoms with Gasteiger partial charge in [-0.25, -0.2) is 8.42 Å². The van der Waals surface area contributed by atoms with Gasteiger partial charge in [0.25, 0.3) is 0 Å². The van der Waals surface area contributed by atoms with E-state index >= 15 is 0 Å². The Morgan fingerprint density at radius 3 is 2.14 bits per heavy atom. The van der Waals surface area contributed by atoms with Crippen LogP contribution in [0, 0.1) is 5.41 Å². The molecule has 1 aliphatic rings. The van der Waals surface area contributed by atoms with Crippen LogP contribution in [0.1, 0.15) is 44.1 Å². The average Bonchev–Trinajstić information content (AvgIpc) is 2.67. The lowest BCUT2D eigenvalue weighted by Crippen LogP contribution is -2.32. The number of halogens is 2. The topological polar surface area (TPSA) is 34.1 Å². The SMILES string of the molecule is O=S(=O)(Cc1ccc(Cl)cc1)CC1(CBr)CCCCCC1. The van der Waals surface area contributed by atoms with E-state index in [0.29, 0.717) is 5.02 Å². The summed E-state index contributed by atoms with van der Waals surface area (Å²) < 4.78 is 25.2. The van der Waals surface area contributed by atoms with Crippen molar-refractivity contribution in [2.24, 2.45) is 5.41 Å². The largest absolute Gasteiger partial charge is 0.228 e. The van der Waals surface area contributed by atoms with E-state index in [2.05, 4.69) is 15.9 Å². The second kappa shape index (κ2) is 7.47. The third-order valence-corrected chi connectivity index (χ3v) is 7.54. The van der Waals surface area contributed by atoms with Gasteiger partial charge in [-0.3, -0.25) is 0 Å². The first-order chi connectivity index (χ1) is 9.95. The third kappa shape index (κ3) is 5.26. The lowest BCUT2D eigenvalue weighted by molar-refractivity contribution is 0.327. The molecule has 1 fully saturated rings. The van der Waals surface area contributed by atoms with Crippen molar-refractivity contribution < 1.29 is 8.42 Å². The molecule has 0 N–H and O–H groups in total. The molecule has 21 heavy (non-hydrogen) atoms. The fourth-order valence-electron chi connectivity index (χ4n) is 3.15. The van der Waals surface area contributed by atoms with Gasteiger partial charge in [0.15, 0.2) is 9.84 Å². The lowest BCUT2D eigenvalue weighted by Gasteiger charge is -2.30. The minimum atomic E-state index is -3.11. The molecule has 2 nitrogen and oxygen atoms in total. The summed E-state index contributed by atoms with van der Waals surface area (Å²) >= 11 is 9.41. The van der Waals surface area contributed by atoms with Gasteiger partial charge in [-0.05, 0) is 36.0 Å². The number of hydrogen-bond donors (Lipinski definition) is 0. The number of alkyl halides is 1. The van der Waals surface area contributed by atoms with Gasteiger partial charge in [-0.2, -0.15) is 0 Å². The maximum atomic E-state index is 12.6. The van der Waals surface area contributed by atoms with Crippen LogP contribution in [0.3, 0.4) is 0 Å². The van der Waals surface area contributed by atoms with Crippen molar-refractivity contribution in [2.45, 2.75) is 44.3 Å². The van der Waals surface area contributed by atoms with E-state index in [1.165, 1.54) is 12.8 Å². The fourth-order valence-corrected chi connectivity index (χ4v) is 6.42. The van der Waals surface area contributed by atoms with Gasteiger partial charge in [0.1, 0.15) is 0 Å². The molecule has 0 unspecified atom stereocenters. The van der Waals surface area contributed by atoms with Gasteiger partial charge in [0.2, 0.25) is 0 Å². The van der Waals surface area contributed by atoms with Crippen LogP contribution in [0.4, 0.5) is 0 Å². The van der Waals surface area contributed by atoms with Crippen molar-refractivity contribution in [1.82, 2.24) is 0 Å². The Morgan fingerprint density at radius 2 is 1.62 bits per heavy atom.